The Morgan fingerprint density at radius 3 is 2.95 bits per heavy atom. The number of carbonyl (C=O) groups is 2. The summed E-state index contributed by atoms with van der Waals surface area (Å²) in [5.41, 5.74) is 0.279. The van der Waals surface area contributed by atoms with E-state index in [1.165, 1.54) is 23.4 Å². The highest BCUT2D eigenvalue weighted by Gasteiger charge is 2.33. The number of amides is 1. The van der Waals surface area contributed by atoms with Gasteiger partial charge in [-0.05, 0) is 32.3 Å². The van der Waals surface area contributed by atoms with Crippen LogP contribution in [0.4, 0.5) is 0 Å². The van der Waals surface area contributed by atoms with Gasteiger partial charge in [-0.1, -0.05) is 0 Å². The van der Waals surface area contributed by atoms with Crippen LogP contribution in [0.15, 0.2) is 18.5 Å². The number of likely N-dealkylation sites (tertiary alicyclic amines) is 1. The van der Waals surface area contributed by atoms with E-state index >= 15 is 0 Å². The lowest BCUT2D eigenvalue weighted by Crippen LogP contribution is -2.48. The summed E-state index contributed by atoms with van der Waals surface area (Å²) in [7, 11) is 0. The van der Waals surface area contributed by atoms with E-state index in [9.17, 15) is 14.7 Å². The number of nitrogens with zero attached hydrogens (tertiary/aromatic N) is 2. The molecule has 108 valence electrons. The summed E-state index contributed by atoms with van der Waals surface area (Å²) in [4.78, 5) is 29.7. The molecule has 20 heavy (non-hydrogen) atoms. The zero-order valence-corrected chi connectivity index (χ0v) is 11.4. The Bertz CT molecular complexity index is 504. The number of piperidine rings is 1. The van der Waals surface area contributed by atoms with Crippen LogP contribution in [0.2, 0.25) is 0 Å². The normalized spacial score (nSPS) is 18.6. The number of hydrogen-bond acceptors (Lipinski definition) is 5. The molecule has 0 saturated carbocycles. The lowest BCUT2D eigenvalue weighted by Gasteiger charge is -2.34. The third kappa shape index (κ3) is 3.07. The van der Waals surface area contributed by atoms with Crippen molar-refractivity contribution in [2.24, 2.45) is 0 Å². The van der Waals surface area contributed by atoms with Crippen LogP contribution in [0.3, 0.4) is 0 Å². The van der Waals surface area contributed by atoms with E-state index in [-0.39, 0.29) is 23.2 Å². The van der Waals surface area contributed by atoms with Crippen LogP contribution in [-0.4, -0.2) is 46.1 Å². The molecule has 6 heteroatoms. The third-order valence-electron chi connectivity index (χ3n) is 3.29. The number of carbonyl (C=O) groups excluding carboxylic acids is 2. The molecule has 2 rings (SSSR count). The third-order valence-corrected chi connectivity index (χ3v) is 3.29. The maximum Gasteiger partial charge on any atom is 0.328 e. The average Bonchev–Trinajstić information content (AvgIpc) is 2.47. The molecule has 0 aliphatic carbocycles. The standard InChI is InChI=1S/C14H18N2O4/c1-2-20-14(19)12-5-3-4-6-16(12)13(18)10-7-11(17)9-15-8-10/h7-9,12,17H,2-6H2,1H3. The SMILES string of the molecule is CCOC(=O)C1CCCCN1C(=O)c1cncc(O)c1. The summed E-state index contributed by atoms with van der Waals surface area (Å²) in [6, 6.07) is 0.810. The number of esters is 1. The Morgan fingerprint density at radius 2 is 2.25 bits per heavy atom. The lowest BCUT2D eigenvalue weighted by atomic mass is 10.0. The van der Waals surface area contributed by atoms with Gasteiger partial charge in [0.2, 0.25) is 0 Å². The van der Waals surface area contributed by atoms with Crippen molar-refractivity contribution < 1.29 is 19.4 Å². The maximum atomic E-state index is 12.4. The summed E-state index contributed by atoms with van der Waals surface area (Å²) in [6.07, 6.45) is 5.00. The minimum atomic E-state index is -0.543. The van der Waals surface area contributed by atoms with E-state index in [1.807, 2.05) is 0 Å². The van der Waals surface area contributed by atoms with Crippen molar-refractivity contribution in [2.45, 2.75) is 32.2 Å². The second-order valence-electron chi connectivity index (χ2n) is 4.69. The van der Waals surface area contributed by atoms with Crippen molar-refractivity contribution in [3.05, 3.63) is 24.0 Å². The Labute approximate surface area is 117 Å². The second kappa shape index (κ2) is 6.36. The van der Waals surface area contributed by atoms with Crippen molar-refractivity contribution in [2.75, 3.05) is 13.2 Å². The topological polar surface area (TPSA) is 79.7 Å². The number of rotatable bonds is 3. The van der Waals surface area contributed by atoms with Gasteiger partial charge in [-0.15, -0.1) is 0 Å². The molecule has 1 saturated heterocycles. The van der Waals surface area contributed by atoms with Crippen molar-refractivity contribution in [1.29, 1.82) is 0 Å². The Balaban J connectivity index is 2.19. The minimum Gasteiger partial charge on any atom is -0.506 e. The van der Waals surface area contributed by atoms with E-state index in [4.69, 9.17) is 4.74 Å². The van der Waals surface area contributed by atoms with Crippen molar-refractivity contribution in [3.63, 3.8) is 0 Å². The van der Waals surface area contributed by atoms with Crippen LogP contribution in [0.5, 0.6) is 5.75 Å². The van der Waals surface area contributed by atoms with E-state index in [1.54, 1.807) is 6.92 Å². The molecule has 0 bridgehead atoms. The summed E-state index contributed by atoms with van der Waals surface area (Å²) < 4.78 is 5.02. The fourth-order valence-corrected chi connectivity index (χ4v) is 2.37. The summed E-state index contributed by atoms with van der Waals surface area (Å²) in [5, 5.41) is 9.39. The molecule has 1 aliphatic heterocycles. The largest absolute Gasteiger partial charge is 0.506 e. The van der Waals surface area contributed by atoms with Gasteiger partial charge in [-0.3, -0.25) is 9.78 Å². The van der Waals surface area contributed by atoms with Gasteiger partial charge in [-0.2, -0.15) is 0 Å². The number of pyridine rings is 1. The van der Waals surface area contributed by atoms with Crippen LogP contribution in [0.25, 0.3) is 0 Å². The van der Waals surface area contributed by atoms with E-state index in [2.05, 4.69) is 4.98 Å². The van der Waals surface area contributed by atoms with Gasteiger partial charge in [0.25, 0.3) is 5.91 Å². The zero-order chi connectivity index (χ0) is 14.5. The highest BCUT2D eigenvalue weighted by atomic mass is 16.5. The molecule has 1 amide bonds. The van der Waals surface area contributed by atoms with Gasteiger partial charge in [0, 0.05) is 12.7 Å². The van der Waals surface area contributed by atoms with Crippen LogP contribution in [0, 0.1) is 0 Å². The highest BCUT2D eigenvalue weighted by molar-refractivity contribution is 5.97. The van der Waals surface area contributed by atoms with E-state index in [0.717, 1.165) is 12.8 Å². The van der Waals surface area contributed by atoms with E-state index < -0.39 is 6.04 Å². The number of hydrogen-bond donors (Lipinski definition) is 1. The van der Waals surface area contributed by atoms with Crippen LogP contribution >= 0.6 is 0 Å². The fraction of sp³-hybridized carbons (Fsp3) is 0.500. The fourth-order valence-electron chi connectivity index (χ4n) is 2.37. The Morgan fingerprint density at radius 1 is 1.45 bits per heavy atom. The molecule has 6 nitrogen and oxygen atoms in total. The quantitative estimate of drug-likeness (QED) is 0.844. The first-order valence-corrected chi connectivity index (χ1v) is 6.75. The molecule has 0 radical (unpaired) electrons. The first-order valence-electron chi connectivity index (χ1n) is 6.75. The molecule has 1 unspecified atom stereocenters. The summed E-state index contributed by atoms with van der Waals surface area (Å²) >= 11 is 0. The molecule has 1 aromatic heterocycles. The summed E-state index contributed by atoms with van der Waals surface area (Å²) in [6.45, 7) is 2.55. The number of aromatic hydroxyl groups is 1. The maximum absolute atomic E-state index is 12.4. The molecule has 1 fully saturated rings. The predicted octanol–water partition coefficient (Wildman–Crippen LogP) is 1.34. The Hall–Kier alpha value is -2.11. The smallest absolute Gasteiger partial charge is 0.328 e. The lowest BCUT2D eigenvalue weighted by molar-refractivity contribution is -0.149. The first-order chi connectivity index (χ1) is 9.63. The molecule has 1 atom stereocenters. The monoisotopic (exact) mass is 278 g/mol. The van der Waals surface area contributed by atoms with Gasteiger partial charge < -0.3 is 14.7 Å². The first kappa shape index (κ1) is 14.3. The van der Waals surface area contributed by atoms with Crippen molar-refractivity contribution >= 4 is 11.9 Å². The van der Waals surface area contributed by atoms with Gasteiger partial charge >= 0.3 is 5.97 Å². The number of aromatic nitrogens is 1. The zero-order valence-electron chi connectivity index (χ0n) is 11.4. The van der Waals surface area contributed by atoms with Gasteiger partial charge in [0.1, 0.15) is 11.8 Å². The predicted molar refractivity (Wildman–Crippen MR) is 71.2 cm³/mol. The van der Waals surface area contributed by atoms with Crippen LogP contribution < -0.4 is 0 Å². The number of ether oxygens (including phenoxy) is 1. The van der Waals surface area contributed by atoms with E-state index in [0.29, 0.717) is 19.6 Å². The molecule has 1 aromatic rings. The van der Waals surface area contributed by atoms with Crippen LogP contribution in [-0.2, 0) is 9.53 Å². The molecule has 1 aliphatic rings. The minimum absolute atomic E-state index is 0.0689. The Kier molecular flexibility index (Phi) is 4.55. The molecule has 2 heterocycles. The molecular weight excluding hydrogens is 260 g/mol. The van der Waals surface area contributed by atoms with Gasteiger partial charge in [0.15, 0.2) is 0 Å². The molecule has 0 spiro atoms. The van der Waals surface area contributed by atoms with Gasteiger partial charge in [-0.25, -0.2) is 4.79 Å². The summed E-state index contributed by atoms with van der Waals surface area (Å²) in [5.74, 6) is -0.736. The molecule has 0 aromatic carbocycles. The molecular formula is C14H18N2O4. The van der Waals surface area contributed by atoms with Crippen LogP contribution in [0.1, 0.15) is 36.5 Å². The second-order valence-corrected chi connectivity index (χ2v) is 4.69. The molecule has 1 N–H and O–H groups in total. The average molecular weight is 278 g/mol. The van der Waals surface area contributed by atoms with Crippen molar-refractivity contribution in [1.82, 2.24) is 9.88 Å². The van der Waals surface area contributed by atoms with Crippen molar-refractivity contribution in [3.8, 4) is 5.75 Å². The van der Waals surface area contributed by atoms with Gasteiger partial charge in [0.05, 0.1) is 18.4 Å². The highest BCUT2D eigenvalue weighted by Crippen LogP contribution is 2.21.